The number of alkyl halides is 3. The van der Waals surface area contributed by atoms with Crippen molar-refractivity contribution in [3.05, 3.63) is 58.7 Å². The standard InChI is InChI=1S/C17H15F4NO3/c1-10-6-14(11(2)22(10)9-17(19,20)21)15(23)8-25-16(24)12-4-3-5-13(18)7-12/h3-7H,8-9H2,1-2H3. The topological polar surface area (TPSA) is 48.3 Å². The van der Waals surface area contributed by atoms with E-state index in [4.69, 9.17) is 4.74 Å². The number of hydrogen-bond donors (Lipinski definition) is 0. The Morgan fingerprint density at radius 3 is 2.44 bits per heavy atom. The number of halogens is 4. The van der Waals surface area contributed by atoms with E-state index in [0.29, 0.717) is 0 Å². The summed E-state index contributed by atoms with van der Waals surface area (Å²) in [6.07, 6.45) is -4.42. The maximum absolute atomic E-state index is 13.1. The molecule has 0 unspecified atom stereocenters. The number of hydrogen-bond acceptors (Lipinski definition) is 3. The molecule has 0 fully saturated rings. The highest BCUT2D eigenvalue weighted by atomic mass is 19.4. The van der Waals surface area contributed by atoms with Crippen LogP contribution in [0, 0.1) is 19.7 Å². The fourth-order valence-electron chi connectivity index (χ4n) is 2.41. The minimum atomic E-state index is -4.42. The van der Waals surface area contributed by atoms with Crippen LogP contribution in [-0.2, 0) is 11.3 Å². The fourth-order valence-corrected chi connectivity index (χ4v) is 2.41. The highest BCUT2D eigenvalue weighted by Gasteiger charge is 2.30. The zero-order valence-electron chi connectivity index (χ0n) is 13.5. The van der Waals surface area contributed by atoms with Gasteiger partial charge in [0, 0.05) is 17.0 Å². The number of carbonyl (C=O) groups excluding carboxylic acids is 2. The average molecular weight is 357 g/mol. The van der Waals surface area contributed by atoms with Gasteiger partial charge in [0.25, 0.3) is 0 Å². The van der Waals surface area contributed by atoms with Crippen molar-refractivity contribution in [3.8, 4) is 0 Å². The van der Waals surface area contributed by atoms with E-state index in [0.717, 1.165) is 16.7 Å². The van der Waals surface area contributed by atoms with E-state index in [1.165, 1.54) is 32.0 Å². The van der Waals surface area contributed by atoms with Gasteiger partial charge in [-0.15, -0.1) is 0 Å². The Hall–Kier alpha value is -2.64. The van der Waals surface area contributed by atoms with Crippen molar-refractivity contribution < 1.29 is 31.9 Å². The molecule has 0 bridgehead atoms. The van der Waals surface area contributed by atoms with Crippen molar-refractivity contribution in [3.63, 3.8) is 0 Å². The highest BCUT2D eigenvalue weighted by molar-refractivity contribution is 6.00. The summed E-state index contributed by atoms with van der Waals surface area (Å²) in [5.41, 5.74) is 0.403. The Bertz CT molecular complexity index is 809. The first-order valence-corrected chi connectivity index (χ1v) is 7.28. The molecule has 0 saturated carbocycles. The van der Waals surface area contributed by atoms with E-state index >= 15 is 0 Å². The molecule has 0 spiro atoms. The van der Waals surface area contributed by atoms with Gasteiger partial charge in [-0.1, -0.05) is 6.07 Å². The van der Waals surface area contributed by atoms with E-state index in [1.807, 2.05) is 0 Å². The predicted octanol–water partition coefficient (Wildman–Crippen LogP) is 3.85. The van der Waals surface area contributed by atoms with E-state index in [9.17, 15) is 27.2 Å². The molecule has 0 atom stereocenters. The quantitative estimate of drug-likeness (QED) is 0.464. The number of nitrogens with zero attached hydrogens (tertiary/aromatic N) is 1. The van der Waals surface area contributed by atoms with Gasteiger partial charge in [0.1, 0.15) is 12.4 Å². The van der Waals surface area contributed by atoms with Crippen molar-refractivity contribution in [1.29, 1.82) is 0 Å². The van der Waals surface area contributed by atoms with Crippen LogP contribution in [-0.4, -0.2) is 29.1 Å². The van der Waals surface area contributed by atoms with Gasteiger partial charge in [-0.05, 0) is 38.1 Å². The second-order valence-electron chi connectivity index (χ2n) is 5.50. The van der Waals surface area contributed by atoms with Gasteiger partial charge in [-0.25, -0.2) is 9.18 Å². The van der Waals surface area contributed by atoms with Crippen LogP contribution in [0.4, 0.5) is 17.6 Å². The summed E-state index contributed by atoms with van der Waals surface area (Å²) in [4.78, 5) is 23.9. The molecule has 1 heterocycles. The van der Waals surface area contributed by atoms with Crippen molar-refractivity contribution in [2.75, 3.05) is 6.61 Å². The minimum Gasteiger partial charge on any atom is -0.454 e. The summed E-state index contributed by atoms with van der Waals surface area (Å²) < 4.78 is 56.6. The number of aromatic nitrogens is 1. The SMILES string of the molecule is Cc1cc(C(=O)COC(=O)c2cccc(F)c2)c(C)n1CC(F)(F)F. The van der Waals surface area contributed by atoms with Gasteiger partial charge in [0.05, 0.1) is 5.56 Å². The predicted molar refractivity (Wildman–Crippen MR) is 81.0 cm³/mol. The number of rotatable bonds is 5. The lowest BCUT2D eigenvalue weighted by atomic mass is 10.1. The molecule has 2 aromatic rings. The summed E-state index contributed by atoms with van der Waals surface area (Å²) >= 11 is 0. The first-order chi connectivity index (χ1) is 11.6. The van der Waals surface area contributed by atoms with Crippen LogP contribution in [0.1, 0.15) is 32.1 Å². The third-order valence-corrected chi connectivity index (χ3v) is 3.61. The number of aryl methyl sites for hydroxylation is 1. The second-order valence-corrected chi connectivity index (χ2v) is 5.50. The molecule has 1 aromatic carbocycles. The van der Waals surface area contributed by atoms with Gasteiger partial charge >= 0.3 is 12.1 Å². The fraction of sp³-hybridized carbons (Fsp3) is 0.294. The van der Waals surface area contributed by atoms with Gasteiger partial charge in [0.15, 0.2) is 6.61 Å². The van der Waals surface area contributed by atoms with Gasteiger partial charge in [0.2, 0.25) is 5.78 Å². The smallest absolute Gasteiger partial charge is 0.406 e. The molecule has 0 saturated heterocycles. The monoisotopic (exact) mass is 357 g/mol. The molecule has 4 nitrogen and oxygen atoms in total. The average Bonchev–Trinajstić information content (AvgIpc) is 2.79. The van der Waals surface area contributed by atoms with Gasteiger partial charge < -0.3 is 9.30 Å². The van der Waals surface area contributed by atoms with E-state index in [2.05, 4.69) is 0 Å². The Balaban J connectivity index is 2.09. The third-order valence-electron chi connectivity index (χ3n) is 3.61. The van der Waals surface area contributed by atoms with Crippen LogP contribution in [0.15, 0.2) is 30.3 Å². The van der Waals surface area contributed by atoms with Gasteiger partial charge in [-0.2, -0.15) is 13.2 Å². The van der Waals surface area contributed by atoms with E-state index in [1.54, 1.807) is 0 Å². The summed E-state index contributed by atoms with van der Waals surface area (Å²) in [6, 6.07) is 6.07. The lowest BCUT2D eigenvalue weighted by Crippen LogP contribution is -2.20. The summed E-state index contributed by atoms with van der Waals surface area (Å²) in [5, 5.41) is 0. The Morgan fingerprint density at radius 1 is 1.16 bits per heavy atom. The molecule has 25 heavy (non-hydrogen) atoms. The summed E-state index contributed by atoms with van der Waals surface area (Å²) in [7, 11) is 0. The number of ether oxygens (including phenoxy) is 1. The maximum atomic E-state index is 13.1. The van der Waals surface area contributed by atoms with Crippen LogP contribution >= 0.6 is 0 Å². The van der Waals surface area contributed by atoms with Gasteiger partial charge in [-0.3, -0.25) is 4.79 Å². The number of benzene rings is 1. The molecule has 0 aliphatic rings. The zero-order chi connectivity index (χ0) is 18.8. The molecule has 0 N–H and O–H groups in total. The summed E-state index contributed by atoms with van der Waals surface area (Å²) in [5.74, 6) is -2.15. The Labute approximate surface area is 141 Å². The van der Waals surface area contributed by atoms with Crippen molar-refractivity contribution in [2.24, 2.45) is 0 Å². The first-order valence-electron chi connectivity index (χ1n) is 7.28. The van der Waals surface area contributed by atoms with Crippen molar-refractivity contribution in [2.45, 2.75) is 26.6 Å². The second kappa shape index (κ2) is 7.08. The lowest BCUT2D eigenvalue weighted by Gasteiger charge is -2.12. The molecule has 0 radical (unpaired) electrons. The maximum Gasteiger partial charge on any atom is 0.406 e. The zero-order valence-corrected chi connectivity index (χ0v) is 13.5. The molecule has 0 amide bonds. The van der Waals surface area contributed by atoms with Crippen molar-refractivity contribution in [1.82, 2.24) is 4.57 Å². The lowest BCUT2D eigenvalue weighted by molar-refractivity contribution is -0.141. The normalized spacial score (nSPS) is 11.4. The van der Waals surface area contributed by atoms with Crippen LogP contribution in [0.5, 0.6) is 0 Å². The van der Waals surface area contributed by atoms with Crippen LogP contribution in [0.2, 0.25) is 0 Å². The van der Waals surface area contributed by atoms with E-state index in [-0.39, 0.29) is 22.5 Å². The van der Waals surface area contributed by atoms with Crippen LogP contribution in [0.3, 0.4) is 0 Å². The number of esters is 1. The van der Waals surface area contributed by atoms with E-state index < -0.39 is 36.9 Å². The highest BCUT2D eigenvalue weighted by Crippen LogP contribution is 2.23. The molecule has 8 heteroatoms. The summed E-state index contributed by atoms with van der Waals surface area (Å²) in [6.45, 7) is 0.987. The Kier molecular flexibility index (Phi) is 5.30. The van der Waals surface area contributed by atoms with Crippen LogP contribution < -0.4 is 0 Å². The van der Waals surface area contributed by atoms with Crippen LogP contribution in [0.25, 0.3) is 0 Å². The van der Waals surface area contributed by atoms with Crippen molar-refractivity contribution >= 4 is 11.8 Å². The molecule has 2 rings (SSSR count). The molecular weight excluding hydrogens is 342 g/mol. The number of Topliss-reactive ketones (excluding diaryl/α,β-unsaturated/α-hetero) is 1. The molecule has 1 aromatic heterocycles. The first kappa shape index (κ1) is 18.7. The Morgan fingerprint density at radius 2 is 1.84 bits per heavy atom. The molecular formula is C17H15F4NO3. The molecule has 0 aliphatic carbocycles. The largest absolute Gasteiger partial charge is 0.454 e. The molecule has 0 aliphatic heterocycles. The minimum absolute atomic E-state index is 0.0498. The molecule has 134 valence electrons. The third kappa shape index (κ3) is 4.68. The number of carbonyl (C=O) groups is 2. The number of ketones is 1.